The summed E-state index contributed by atoms with van der Waals surface area (Å²) in [5.41, 5.74) is 0.436. The van der Waals surface area contributed by atoms with E-state index in [2.05, 4.69) is 4.98 Å². The summed E-state index contributed by atoms with van der Waals surface area (Å²) in [6.07, 6.45) is 4.68. The van der Waals surface area contributed by atoms with Gasteiger partial charge in [0.2, 0.25) is 5.88 Å². The van der Waals surface area contributed by atoms with E-state index in [4.69, 9.17) is 19.5 Å². The molecule has 2 heterocycles. The molecule has 96 valence electrons. The van der Waals surface area contributed by atoms with Crippen LogP contribution < -0.4 is 4.74 Å². The molecule has 1 fully saturated rings. The smallest absolute Gasteiger partial charge is 0.231 e. The van der Waals surface area contributed by atoms with Crippen LogP contribution in [-0.2, 0) is 9.47 Å². The number of hydrogen-bond acceptors (Lipinski definition) is 5. The predicted molar refractivity (Wildman–Crippen MR) is 64.0 cm³/mol. The Hall–Kier alpha value is -1.64. The standard InChI is InChI=1S/C13H16N2O3/c14-10-11-4-3-6-15-13(11)18-9-8-17-12-5-1-2-7-16-12/h3-4,6,12H,1-2,5,7-9H2. The first kappa shape index (κ1) is 12.8. The van der Waals surface area contributed by atoms with Gasteiger partial charge in [0.15, 0.2) is 6.29 Å². The summed E-state index contributed by atoms with van der Waals surface area (Å²) in [4.78, 5) is 4.00. The van der Waals surface area contributed by atoms with Gasteiger partial charge in [-0.1, -0.05) is 0 Å². The molecule has 0 bridgehead atoms. The lowest BCUT2D eigenvalue weighted by atomic mass is 10.2. The lowest BCUT2D eigenvalue weighted by Crippen LogP contribution is -2.24. The van der Waals surface area contributed by atoms with Crippen LogP contribution in [0.2, 0.25) is 0 Å². The molecule has 1 aromatic rings. The average molecular weight is 248 g/mol. The third-order valence-electron chi connectivity index (χ3n) is 2.66. The number of rotatable bonds is 5. The van der Waals surface area contributed by atoms with Crippen LogP contribution in [0, 0.1) is 11.3 Å². The van der Waals surface area contributed by atoms with E-state index in [1.165, 1.54) is 0 Å². The average Bonchev–Trinajstić information content (AvgIpc) is 2.45. The SMILES string of the molecule is N#Cc1cccnc1OCCOC1CCCCO1. The van der Waals surface area contributed by atoms with Crippen LogP contribution in [-0.4, -0.2) is 31.1 Å². The zero-order valence-corrected chi connectivity index (χ0v) is 10.2. The second-order valence-corrected chi connectivity index (χ2v) is 3.98. The van der Waals surface area contributed by atoms with Crippen LogP contribution in [0.5, 0.6) is 5.88 Å². The lowest BCUT2D eigenvalue weighted by molar-refractivity contribution is -0.165. The predicted octanol–water partition coefficient (Wildman–Crippen LogP) is 1.88. The number of pyridine rings is 1. The normalized spacial score (nSPS) is 19.2. The molecule has 0 N–H and O–H groups in total. The van der Waals surface area contributed by atoms with E-state index in [0.717, 1.165) is 25.9 Å². The zero-order valence-electron chi connectivity index (χ0n) is 10.2. The number of ether oxygens (including phenoxy) is 3. The Morgan fingerprint density at radius 3 is 3.17 bits per heavy atom. The second-order valence-electron chi connectivity index (χ2n) is 3.98. The minimum atomic E-state index is -0.110. The molecule has 1 unspecified atom stereocenters. The van der Waals surface area contributed by atoms with E-state index in [1.54, 1.807) is 18.3 Å². The molecular formula is C13H16N2O3. The molecule has 1 aliphatic rings. The Morgan fingerprint density at radius 2 is 2.39 bits per heavy atom. The molecule has 0 spiro atoms. The van der Waals surface area contributed by atoms with Crippen molar-refractivity contribution in [1.82, 2.24) is 4.98 Å². The molecule has 1 saturated heterocycles. The van der Waals surface area contributed by atoms with Crippen molar-refractivity contribution in [1.29, 1.82) is 5.26 Å². The Labute approximate surface area is 106 Å². The first-order valence-electron chi connectivity index (χ1n) is 6.11. The van der Waals surface area contributed by atoms with Crippen molar-refractivity contribution in [2.24, 2.45) is 0 Å². The molecule has 18 heavy (non-hydrogen) atoms. The number of hydrogen-bond donors (Lipinski definition) is 0. The summed E-state index contributed by atoms with van der Waals surface area (Å²) in [5, 5.41) is 8.86. The minimum absolute atomic E-state index is 0.110. The van der Waals surface area contributed by atoms with Gasteiger partial charge in [0, 0.05) is 12.8 Å². The van der Waals surface area contributed by atoms with Crippen LogP contribution in [0.25, 0.3) is 0 Å². The van der Waals surface area contributed by atoms with Gasteiger partial charge in [-0.05, 0) is 31.4 Å². The summed E-state index contributed by atoms with van der Waals surface area (Å²) in [6.45, 7) is 1.57. The van der Waals surface area contributed by atoms with Crippen LogP contribution in [0.1, 0.15) is 24.8 Å². The maximum absolute atomic E-state index is 8.86. The highest BCUT2D eigenvalue weighted by Crippen LogP contribution is 2.14. The molecule has 0 saturated carbocycles. The van der Waals surface area contributed by atoms with Crippen LogP contribution in [0.4, 0.5) is 0 Å². The van der Waals surface area contributed by atoms with Crippen molar-refractivity contribution < 1.29 is 14.2 Å². The molecule has 5 heteroatoms. The van der Waals surface area contributed by atoms with Crippen molar-refractivity contribution in [3.05, 3.63) is 23.9 Å². The fourth-order valence-corrected chi connectivity index (χ4v) is 1.75. The second kappa shape index (κ2) is 6.94. The Balaban J connectivity index is 1.70. The topological polar surface area (TPSA) is 64.4 Å². The van der Waals surface area contributed by atoms with Gasteiger partial charge >= 0.3 is 0 Å². The number of nitrogens with zero attached hydrogens (tertiary/aromatic N) is 2. The van der Waals surface area contributed by atoms with Crippen LogP contribution in [0.15, 0.2) is 18.3 Å². The fraction of sp³-hybridized carbons (Fsp3) is 0.538. The van der Waals surface area contributed by atoms with Crippen molar-refractivity contribution in [2.45, 2.75) is 25.6 Å². The Kier molecular flexibility index (Phi) is 4.94. The highest BCUT2D eigenvalue weighted by Gasteiger charge is 2.13. The maximum atomic E-state index is 8.86. The Bertz CT molecular complexity index is 411. The van der Waals surface area contributed by atoms with Crippen LogP contribution in [0.3, 0.4) is 0 Å². The van der Waals surface area contributed by atoms with Gasteiger partial charge in [-0.15, -0.1) is 0 Å². The van der Waals surface area contributed by atoms with Gasteiger partial charge in [-0.25, -0.2) is 4.98 Å². The van der Waals surface area contributed by atoms with Gasteiger partial charge in [0.1, 0.15) is 18.2 Å². The number of nitriles is 1. The summed E-state index contributed by atoms with van der Waals surface area (Å²) in [6, 6.07) is 5.41. The summed E-state index contributed by atoms with van der Waals surface area (Å²) >= 11 is 0. The van der Waals surface area contributed by atoms with Crippen LogP contribution >= 0.6 is 0 Å². The molecule has 2 rings (SSSR count). The van der Waals surface area contributed by atoms with E-state index in [-0.39, 0.29) is 6.29 Å². The largest absolute Gasteiger partial charge is 0.474 e. The summed E-state index contributed by atoms with van der Waals surface area (Å²) < 4.78 is 16.4. The molecule has 1 aromatic heterocycles. The first-order chi connectivity index (χ1) is 8.90. The molecule has 5 nitrogen and oxygen atoms in total. The van der Waals surface area contributed by atoms with Crippen molar-refractivity contribution >= 4 is 0 Å². The lowest BCUT2D eigenvalue weighted by Gasteiger charge is -2.22. The van der Waals surface area contributed by atoms with Gasteiger partial charge in [0.25, 0.3) is 0 Å². The van der Waals surface area contributed by atoms with E-state index >= 15 is 0 Å². The number of aromatic nitrogens is 1. The van der Waals surface area contributed by atoms with Gasteiger partial charge < -0.3 is 14.2 Å². The van der Waals surface area contributed by atoms with Crippen molar-refractivity contribution in [2.75, 3.05) is 19.8 Å². The quantitative estimate of drug-likeness (QED) is 0.744. The highest BCUT2D eigenvalue weighted by atomic mass is 16.7. The molecule has 0 radical (unpaired) electrons. The highest BCUT2D eigenvalue weighted by molar-refractivity contribution is 5.36. The van der Waals surface area contributed by atoms with Gasteiger partial charge in [0.05, 0.1) is 6.61 Å². The zero-order chi connectivity index (χ0) is 12.6. The molecule has 1 atom stereocenters. The third kappa shape index (κ3) is 3.69. The first-order valence-corrected chi connectivity index (χ1v) is 6.11. The van der Waals surface area contributed by atoms with Gasteiger partial charge in [-0.2, -0.15) is 5.26 Å². The van der Waals surface area contributed by atoms with E-state index < -0.39 is 0 Å². The van der Waals surface area contributed by atoms with E-state index in [0.29, 0.717) is 24.7 Å². The molecule has 0 amide bonds. The van der Waals surface area contributed by atoms with E-state index in [9.17, 15) is 0 Å². The Morgan fingerprint density at radius 1 is 1.44 bits per heavy atom. The molecule has 0 aliphatic carbocycles. The van der Waals surface area contributed by atoms with Gasteiger partial charge in [-0.3, -0.25) is 0 Å². The summed E-state index contributed by atoms with van der Waals surface area (Å²) in [5.74, 6) is 0.355. The molecule has 0 aromatic carbocycles. The monoisotopic (exact) mass is 248 g/mol. The fourth-order valence-electron chi connectivity index (χ4n) is 1.75. The molecule has 1 aliphatic heterocycles. The van der Waals surface area contributed by atoms with E-state index in [1.807, 2.05) is 6.07 Å². The summed E-state index contributed by atoms with van der Waals surface area (Å²) in [7, 11) is 0. The molecular weight excluding hydrogens is 232 g/mol. The third-order valence-corrected chi connectivity index (χ3v) is 2.66. The minimum Gasteiger partial charge on any atom is -0.474 e. The van der Waals surface area contributed by atoms with Crippen molar-refractivity contribution in [3.63, 3.8) is 0 Å². The van der Waals surface area contributed by atoms with Crippen molar-refractivity contribution in [3.8, 4) is 11.9 Å². The maximum Gasteiger partial charge on any atom is 0.231 e.